The Morgan fingerprint density at radius 2 is 2.24 bits per heavy atom. The van der Waals surface area contributed by atoms with Gasteiger partial charge in [0.15, 0.2) is 6.61 Å². The van der Waals surface area contributed by atoms with Crippen LogP contribution in [0.3, 0.4) is 0 Å². The number of hydrogen-bond acceptors (Lipinski definition) is 4. The van der Waals surface area contributed by atoms with Crippen LogP contribution in [0.4, 0.5) is 0 Å². The van der Waals surface area contributed by atoms with Crippen LogP contribution in [-0.2, 0) is 4.79 Å². The van der Waals surface area contributed by atoms with Crippen LogP contribution >= 0.6 is 0 Å². The molecule has 5 nitrogen and oxygen atoms in total. The summed E-state index contributed by atoms with van der Waals surface area (Å²) in [6.07, 6.45) is 0. The van der Waals surface area contributed by atoms with Gasteiger partial charge in [0.25, 0.3) is 5.91 Å². The highest BCUT2D eigenvalue weighted by atomic mass is 16.5. The summed E-state index contributed by atoms with van der Waals surface area (Å²) in [7, 11) is 1.54. The molecule has 1 rings (SSSR count). The Hall–Kier alpha value is -2.04. The SMILES string of the molecule is CNC(=O)COc1cc(C)ccc1/C(C)=N/O. The fraction of sp³-hybridized carbons (Fsp3) is 0.333. The molecule has 0 aliphatic carbocycles. The van der Waals surface area contributed by atoms with E-state index < -0.39 is 0 Å². The van der Waals surface area contributed by atoms with Crippen molar-refractivity contribution >= 4 is 11.6 Å². The van der Waals surface area contributed by atoms with Crippen LogP contribution in [-0.4, -0.2) is 30.5 Å². The number of carbonyl (C=O) groups excluding carboxylic acids is 1. The number of carbonyl (C=O) groups is 1. The van der Waals surface area contributed by atoms with E-state index in [0.29, 0.717) is 17.0 Å². The quantitative estimate of drug-likeness (QED) is 0.470. The normalized spacial score (nSPS) is 11.1. The number of nitrogens with one attached hydrogen (secondary N) is 1. The summed E-state index contributed by atoms with van der Waals surface area (Å²) in [5.74, 6) is 0.319. The third-order valence-corrected chi connectivity index (χ3v) is 2.31. The van der Waals surface area contributed by atoms with Gasteiger partial charge < -0.3 is 15.3 Å². The highest BCUT2D eigenvalue weighted by Crippen LogP contribution is 2.21. The van der Waals surface area contributed by atoms with Crippen molar-refractivity contribution in [2.45, 2.75) is 13.8 Å². The van der Waals surface area contributed by atoms with E-state index in [9.17, 15) is 4.79 Å². The smallest absolute Gasteiger partial charge is 0.257 e. The lowest BCUT2D eigenvalue weighted by Gasteiger charge is -2.11. The molecular weight excluding hydrogens is 220 g/mol. The van der Waals surface area contributed by atoms with Gasteiger partial charge in [-0.2, -0.15) is 0 Å². The minimum absolute atomic E-state index is 0.0638. The van der Waals surface area contributed by atoms with E-state index in [0.717, 1.165) is 5.56 Å². The molecule has 0 fully saturated rings. The Morgan fingerprint density at radius 3 is 2.82 bits per heavy atom. The van der Waals surface area contributed by atoms with Gasteiger partial charge in [-0.25, -0.2) is 0 Å². The van der Waals surface area contributed by atoms with Gasteiger partial charge in [0, 0.05) is 12.6 Å². The van der Waals surface area contributed by atoms with E-state index in [2.05, 4.69) is 10.5 Å². The Balaban J connectivity index is 2.95. The fourth-order valence-corrected chi connectivity index (χ4v) is 1.32. The van der Waals surface area contributed by atoms with E-state index in [1.54, 1.807) is 26.1 Å². The molecule has 5 heteroatoms. The number of benzene rings is 1. The first-order chi connectivity index (χ1) is 8.08. The largest absolute Gasteiger partial charge is 0.483 e. The number of oxime groups is 1. The van der Waals surface area contributed by atoms with Crippen molar-refractivity contribution in [1.29, 1.82) is 0 Å². The lowest BCUT2D eigenvalue weighted by molar-refractivity contribution is -0.122. The molecule has 0 saturated carbocycles. The zero-order chi connectivity index (χ0) is 12.8. The summed E-state index contributed by atoms with van der Waals surface area (Å²) in [5, 5.41) is 14.4. The molecule has 1 aromatic rings. The van der Waals surface area contributed by atoms with Crippen molar-refractivity contribution in [3.63, 3.8) is 0 Å². The van der Waals surface area contributed by atoms with Gasteiger partial charge in [-0.05, 0) is 31.5 Å². The summed E-state index contributed by atoms with van der Waals surface area (Å²) < 4.78 is 5.39. The van der Waals surface area contributed by atoms with Gasteiger partial charge in [-0.1, -0.05) is 11.2 Å². The monoisotopic (exact) mass is 236 g/mol. The first-order valence-corrected chi connectivity index (χ1v) is 5.21. The molecule has 0 unspecified atom stereocenters. The second-order valence-corrected chi connectivity index (χ2v) is 3.65. The van der Waals surface area contributed by atoms with Gasteiger partial charge >= 0.3 is 0 Å². The molecule has 0 radical (unpaired) electrons. The topological polar surface area (TPSA) is 70.9 Å². The Bertz CT molecular complexity index is 441. The first-order valence-electron chi connectivity index (χ1n) is 5.21. The maximum absolute atomic E-state index is 11.1. The average Bonchev–Trinajstić information content (AvgIpc) is 2.35. The molecule has 0 saturated heterocycles. The number of amides is 1. The second kappa shape index (κ2) is 5.89. The van der Waals surface area contributed by atoms with Gasteiger partial charge in [-0.15, -0.1) is 0 Å². The highest BCUT2D eigenvalue weighted by molar-refractivity contribution is 6.00. The molecule has 0 aliphatic heterocycles. The molecule has 0 bridgehead atoms. The predicted molar refractivity (Wildman–Crippen MR) is 64.7 cm³/mol. The van der Waals surface area contributed by atoms with Crippen molar-refractivity contribution in [2.75, 3.05) is 13.7 Å². The van der Waals surface area contributed by atoms with Crippen molar-refractivity contribution < 1.29 is 14.7 Å². The summed E-state index contributed by atoms with van der Waals surface area (Å²) in [6.45, 7) is 3.52. The fourth-order valence-electron chi connectivity index (χ4n) is 1.32. The summed E-state index contributed by atoms with van der Waals surface area (Å²) in [4.78, 5) is 11.1. The number of ether oxygens (including phenoxy) is 1. The molecule has 1 aromatic carbocycles. The Labute approximate surface area is 100 Å². The molecule has 1 amide bonds. The standard InChI is InChI=1S/C12H16N2O3/c1-8-4-5-10(9(2)14-16)11(6-8)17-7-12(15)13-3/h4-6,16H,7H2,1-3H3,(H,13,15)/b14-9+. The van der Waals surface area contributed by atoms with Crippen LogP contribution in [0.2, 0.25) is 0 Å². The molecule has 0 aromatic heterocycles. The zero-order valence-corrected chi connectivity index (χ0v) is 10.2. The number of likely N-dealkylation sites (N-methyl/N-ethyl adjacent to an activating group) is 1. The van der Waals surface area contributed by atoms with Crippen LogP contribution in [0.25, 0.3) is 0 Å². The predicted octanol–water partition coefficient (Wildman–Crippen LogP) is 1.32. The van der Waals surface area contributed by atoms with Crippen molar-refractivity contribution in [3.8, 4) is 5.75 Å². The highest BCUT2D eigenvalue weighted by Gasteiger charge is 2.09. The number of aryl methyl sites for hydroxylation is 1. The maximum atomic E-state index is 11.1. The van der Waals surface area contributed by atoms with Crippen molar-refractivity contribution in [3.05, 3.63) is 29.3 Å². The number of nitrogens with zero attached hydrogens (tertiary/aromatic N) is 1. The third kappa shape index (κ3) is 3.48. The van der Waals surface area contributed by atoms with Crippen molar-refractivity contribution in [2.24, 2.45) is 5.16 Å². The Morgan fingerprint density at radius 1 is 1.53 bits per heavy atom. The van der Waals surface area contributed by atoms with Crippen LogP contribution in [0, 0.1) is 6.92 Å². The van der Waals surface area contributed by atoms with Crippen LogP contribution in [0.15, 0.2) is 23.4 Å². The van der Waals surface area contributed by atoms with E-state index in [1.807, 2.05) is 13.0 Å². The van der Waals surface area contributed by atoms with Crippen molar-refractivity contribution in [1.82, 2.24) is 5.32 Å². The van der Waals surface area contributed by atoms with Crippen LogP contribution in [0.1, 0.15) is 18.1 Å². The molecule has 0 spiro atoms. The molecular formula is C12H16N2O3. The van der Waals surface area contributed by atoms with E-state index in [-0.39, 0.29) is 12.5 Å². The maximum Gasteiger partial charge on any atom is 0.257 e. The lowest BCUT2D eigenvalue weighted by atomic mass is 10.1. The van der Waals surface area contributed by atoms with Gasteiger partial charge in [-0.3, -0.25) is 4.79 Å². The van der Waals surface area contributed by atoms with Gasteiger partial charge in [0.1, 0.15) is 5.75 Å². The zero-order valence-electron chi connectivity index (χ0n) is 10.2. The minimum atomic E-state index is -0.212. The summed E-state index contributed by atoms with van der Waals surface area (Å²) in [6, 6.07) is 5.48. The molecule has 92 valence electrons. The molecule has 0 atom stereocenters. The number of rotatable bonds is 4. The lowest BCUT2D eigenvalue weighted by Crippen LogP contribution is -2.25. The first kappa shape index (κ1) is 13.0. The molecule has 0 aliphatic rings. The molecule has 17 heavy (non-hydrogen) atoms. The molecule has 2 N–H and O–H groups in total. The van der Waals surface area contributed by atoms with Gasteiger partial charge in [0.05, 0.1) is 5.71 Å². The van der Waals surface area contributed by atoms with Crippen LogP contribution in [0.5, 0.6) is 5.75 Å². The average molecular weight is 236 g/mol. The minimum Gasteiger partial charge on any atom is -0.483 e. The van der Waals surface area contributed by atoms with E-state index in [1.165, 1.54) is 0 Å². The summed E-state index contributed by atoms with van der Waals surface area (Å²) >= 11 is 0. The molecule has 0 heterocycles. The third-order valence-electron chi connectivity index (χ3n) is 2.31. The summed E-state index contributed by atoms with van der Waals surface area (Å²) in [5.41, 5.74) is 2.12. The Kier molecular flexibility index (Phi) is 4.51. The van der Waals surface area contributed by atoms with E-state index >= 15 is 0 Å². The number of hydrogen-bond donors (Lipinski definition) is 2. The second-order valence-electron chi connectivity index (χ2n) is 3.65. The van der Waals surface area contributed by atoms with E-state index in [4.69, 9.17) is 9.94 Å². The van der Waals surface area contributed by atoms with Crippen LogP contribution < -0.4 is 10.1 Å². The van der Waals surface area contributed by atoms with Gasteiger partial charge in [0.2, 0.25) is 0 Å².